The highest BCUT2D eigenvalue weighted by Crippen LogP contribution is 2.23. The summed E-state index contributed by atoms with van der Waals surface area (Å²) in [5, 5.41) is 4.18. The average molecular weight is 227 g/mol. The van der Waals surface area contributed by atoms with Gasteiger partial charge in [-0.1, -0.05) is 13.8 Å². The second-order valence-electron chi connectivity index (χ2n) is 4.39. The first-order valence-electron chi connectivity index (χ1n) is 5.50. The average Bonchev–Trinajstić information content (AvgIpc) is 2.63. The Morgan fingerprint density at radius 1 is 1.40 bits per heavy atom. The molecule has 86 valence electrons. The van der Waals surface area contributed by atoms with Gasteiger partial charge in [-0.25, -0.2) is 0 Å². The highest BCUT2D eigenvalue weighted by Gasteiger charge is 2.17. The Kier molecular flexibility index (Phi) is 5.29. The van der Waals surface area contributed by atoms with Crippen LogP contribution in [-0.2, 0) is 4.74 Å². The van der Waals surface area contributed by atoms with Crippen LogP contribution < -0.4 is 5.73 Å². The van der Waals surface area contributed by atoms with Gasteiger partial charge in [-0.2, -0.15) is 11.3 Å². The zero-order chi connectivity index (χ0) is 11.3. The third-order valence-corrected chi connectivity index (χ3v) is 3.04. The van der Waals surface area contributed by atoms with Crippen molar-refractivity contribution in [3.8, 4) is 0 Å². The minimum Gasteiger partial charge on any atom is -0.372 e. The molecule has 1 rings (SSSR count). The Balaban J connectivity index is 2.45. The van der Waals surface area contributed by atoms with Crippen LogP contribution in [0.15, 0.2) is 16.8 Å². The van der Waals surface area contributed by atoms with E-state index in [2.05, 4.69) is 30.7 Å². The van der Waals surface area contributed by atoms with E-state index < -0.39 is 0 Å². The van der Waals surface area contributed by atoms with Gasteiger partial charge in [0.25, 0.3) is 0 Å². The molecular weight excluding hydrogens is 206 g/mol. The monoisotopic (exact) mass is 227 g/mol. The number of ether oxygens (including phenoxy) is 1. The zero-order valence-electron chi connectivity index (χ0n) is 9.77. The van der Waals surface area contributed by atoms with E-state index in [1.54, 1.807) is 11.3 Å². The van der Waals surface area contributed by atoms with E-state index in [1.165, 1.54) is 5.56 Å². The van der Waals surface area contributed by atoms with Crippen LogP contribution in [0, 0.1) is 5.92 Å². The second kappa shape index (κ2) is 6.26. The van der Waals surface area contributed by atoms with Crippen molar-refractivity contribution in [1.82, 2.24) is 0 Å². The van der Waals surface area contributed by atoms with Gasteiger partial charge in [0.05, 0.1) is 6.10 Å². The van der Waals surface area contributed by atoms with E-state index in [4.69, 9.17) is 10.5 Å². The lowest BCUT2D eigenvalue weighted by atomic mass is 10.1. The fraction of sp³-hybridized carbons (Fsp3) is 0.667. The summed E-state index contributed by atoms with van der Waals surface area (Å²) in [5.41, 5.74) is 7.13. The molecule has 0 aliphatic carbocycles. The maximum Gasteiger partial charge on any atom is 0.0980 e. The minimum atomic E-state index is 0.0479. The molecule has 2 nitrogen and oxygen atoms in total. The molecule has 3 heteroatoms. The molecule has 1 aromatic heterocycles. The van der Waals surface area contributed by atoms with Crippen LogP contribution in [0.25, 0.3) is 0 Å². The molecule has 0 aromatic carbocycles. The lowest BCUT2D eigenvalue weighted by molar-refractivity contribution is 0.0324. The van der Waals surface area contributed by atoms with Crippen LogP contribution in [0.3, 0.4) is 0 Å². The van der Waals surface area contributed by atoms with Crippen molar-refractivity contribution >= 4 is 11.3 Å². The fourth-order valence-electron chi connectivity index (χ4n) is 1.42. The number of hydrogen-bond donors (Lipinski definition) is 1. The van der Waals surface area contributed by atoms with Crippen LogP contribution in [0.5, 0.6) is 0 Å². The lowest BCUT2D eigenvalue weighted by Crippen LogP contribution is -2.27. The predicted molar refractivity (Wildman–Crippen MR) is 66.1 cm³/mol. The van der Waals surface area contributed by atoms with Gasteiger partial charge in [-0.15, -0.1) is 0 Å². The molecular formula is C12H21NOS. The molecule has 2 unspecified atom stereocenters. The largest absolute Gasteiger partial charge is 0.372 e. The number of rotatable bonds is 6. The van der Waals surface area contributed by atoms with Gasteiger partial charge >= 0.3 is 0 Å². The molecule has 0 aliphatic heterocycles. The first-order valence-corrected chi connectivity index (χ1v) is 6.44. The summed E-state index contributed by atoms with van der Waals surface area (Å²) in [6.45, 7) is 7.20. The van der Waals surface area contributed by atoms with Crippen LogP contribution in [0.4, 0.5) is 0 Å². The molecule has 0 aliphatic rings. The minimum absolute atomic E-state index is 0.0479. The fourth-order valence-corrected chi connectivity index (χ4v) is 2.10. The predicted octanol–water partition coefficient (Wildman–Crippen LogP) is 3.20. The van der Waals surface area contributed by atoms with E-state index in [1.807, 2.05) is 6.92 Å². The molecule has 0 bridgehead atoms. The first kappa shape index (κ1) is 12.7. The summed E-state index contributed by atoms with van der Waals surface area (Å²) in [6.07, 6.45) is 1.14. The van der Waals surface area contributed by atoms with Gasteiger partial charge in [0.15, 0.2) is 0 Å². The normalized spacial score (nSPS) is 15.5. The SMILES string of the molecule is CC(C)CCOC(c1ccsc1)C(C)N. The first-order chi connectivity index (χ1) is 7.11. The molecule has 2 N–H and O–H groups in total. The van der Waals surface area contributed by atoms with Gasteiger partial charge < -0.3 is 10.5 Å². The summed E-state index contributed by atoms with van der Waals surface area (Å²) in [7, 11) is 0. The molecule has 1 heterocycles. The number of thiophene rings is 1. The Morgan fingerprint density at radius 2 is 2.13 bits per heavy atom. The molecule has 0 saturated heterocycles. The summed E-state index contributed by atoms with van der Waals surface area (Å²) in [5.74, 6) is 0.682. The van der Waals surface area contributed by atoms with E-state index >= 15 is 0 Å². The molecule has 0 radical (unpaired) electrons. The van der Waals surface area contributed by atoms with Gasteiger partial charge in [0, 0.05) is 12.6 Å². The summed E-state index contributed by atoms with van der Waals surface area (Å²) < 4.78 is 5.84. The lowest BCUT2D eigenvalue weighted by Gasteiger charge is -2.21. The zero-order valence-corrected chi connectivity index (χ0v) is 10.6. The smallest absolute Gasteiger partial charge is 0.0980 e. The van der Waals surface area contributed by atoms with Crippen molar-refractivity contribution < 1.29 is 4.74 Å². The molecule has 0 fully saturated rings. The third-order valence-electron chi connectivity index (χ3n) is 2.34. The van der Waals surface area contributed by atoms with E-state index in [-0.39, 0.29) is 12.1 Å². The van der Waals surface area contributed by atoms with Crippen LogP contribution >= 0.6 is 11.3 Å². The van der Waals surface area contributed by atoms with Crippen molar-refractivity contribution in [3.63, 3.8) is 0 Å². The second-order valence-corrected chi connectivity index (χ2v) is 5.17. The molecule has 0 amide bonds. The molecule has 0 spiro atoms. The highest BCUT2D eigenvalue weighted by molar-refractivity contribution is 7.07. The quantitative estimate of drug-likeness (QED) is 0.810. The van der Waals surface area contributed by atoms with Gasteiger partial charge in [-0.05, 0) is 41.7 Å². The summed E-state index contributed by atoms with van der Waals surface area (Å²) in [4.78, 5) is 0. The maximum atomic E-state index is 5.92. The maximum absolute atomic E-state index is 5.92. The number of nitrogens with two attached hydrogens (primary N) is 1. The summed E-state index contributed by atoms with van der Waals surface area (Å²) >= 11 is 1.69. The van der Waals surface area contributed by atoms with E-state index in [0.717, 1.165) is 13.0 Å². The third kappa shape index (κ3) is 4.33. The van der Waals surface area contributed by atoms with Crippen LogP contribution in [0.2, 0.25) is 0 Å². The molecule has 2 atom stereocenters. The Morgan fingerprint density at radius 3 is 2.60 bits per heavy atom. The molecule has 1 aromatic rings. The van der Waals surface area contributed by atoms with Crippen molar-refractivity contribution in [2.24, 2.45) is 11.7 Å². The van der Waals surface area contributed by atoms with Crippen LogP contribution in [0.1, 0.15) is 38.9 Å². The van der Waals surface area contributed by atoms with Crippen molar-refractivity contribution in [1.29, 1.82) is 0 Å². The van der Waals surface area contributed by atoms with Gasteiger partial charge in [0.2, 0.25) is 0 Å². The van der Waals surface area contributed by atoms with Crippen molar-refractivity contribution in [3.05, 3.63) is 22.4 Å². The topological polar surface area (TPSA) is 35.2 Å². The van der Waals surface area contributed by atoms with Crippen molar-refractivity contribution in [2.75, 3.05) is 6.61 Å². The van der Waals surface area contributed by atoms with Gasteiger partial charge in [0.1, 0.15) is 0 Å². The Hall–Kier alpha value is -0.380. The van der Waals surface area contributed by atoms with Crippen LogP contribution in [-0.4, -0.2) is 12.6 Å². The van der Waals surface area contributed by atoms with E-state index in [0.29, 0.717) is 5.92 Å². The number of hydrogen-bond acceptors (Lipinski definition) is 3. The van der Waals surface area contributed by atoms with E-state index in [9.17, 15) is 0 Å². The highest BCUT2D eigenvalue weighted by atomic mass is 32.1. The molecule has 0 saturated carbocycles. The summed E-state index contributed by atoms with van der Waals surface area (Å²) in [6, 6.07) is 2.14. The molecule has 15 heavy (non-hydrogen) atoms. The Labute approximate surface area is 96.4 Å². The van der Waals surface area contributed by atoms with Crippen molar-refractivity contribution in [2.45, 2.75) is 39.3 Å². The Bertz CT molecular complexity index is 257. The standard InChI is InChI=1S/C12H21NOS/c1-9(2)4-6-14-12(10(3)13)11-5-7-15-8-11/h5,7-10,12H,4,6,13H2,1-3H3. The van der Waals surface area contributed by atoms with Gasteiger partial charge in [-0.3, -0.25) is 0 Å².